The average molecular weight is 254 g/mol. The van der Waals surface area contributed by atoms with Crippen LogP contribution in [0.3, 0.4) is 0 Å². The van der Waals surface area contributed by atoms with Gasteiger partial charge in [0.2, 0.25) is 0 Å². The highest BCUT2D eigenvalue weighted by molar-refractivity contribution is 9.10. The lowest BCUT2D eigenvalue weighted by atomic mass is 9.93. The number of nitrogens with zero attached hydrogens (tertiary/aromatic N) is 1. The van der Waals surface area contributed by atoms with Crippen LogP contribution in [-0.4, -0.2) is 12.5 Å². The molecule has 0 saturated heterocycles. The standard InChI is InChI=1S/C10H12BrN3/c1-10(6-13-9(12)14-10)7-4-2-3-5-8(7)11/h2-5H,6H2,1H3,(H3,12,13,14). The molecule has 0 saturated carbocycles. The van der Waals surface area contributed by atoms with Crippen molar-refractivity contribution < 1.29 is 0 Å². The predicted molar refractivity (Wildman–Crippen MR) is 61.1 cm³/mol. The second-order valence-corrected chi connectivity index (χ2v) is 4.49. The molecule has 1 aromatic carbocycles. The van der Waals surface area contributed by atoms with Gasteiger partial charge in [-0.15, -0.1) is 0 Å². The molecule has 1 unspecified atom stereocenters. The number of hydrogen-bond acceptors (Lipinski definition) is 3. The molecule has 0 radical (unpaired) electrons. The van der Waals surface area contributed by atoms with E-state index in [2.05, 4.69) is 39.2 Å². The van der Waals surface area contributed by atoms with Crippen LogP contribution in [0.1, 0.15) is 12.5 Å². The number of nitrogens with two attached hydrogens (primary N) is 1. The quantitative estimate of drug-likeness (QED) is 0.799. The molecule has 3 nitrogen and oxygen atoms in total. The monoisotopic (exact) mass is 253 g/mol. The molecule has 3 N–H and O–H groups in total. The molecule has 1 heterocycles. The van der Waals surface area contributed by atoms with Crippen LogP contribution in [0.15, 0.2) is 33.7 Å². The summed E-state index contributed by atoms with van der Waals surface area (Å²) in [6.45, 7) is 2.78. The normalized spacial score (nSPS) is 25.7. The van der Waals surface area contributed by atoms with E-state index < -0.39 is 0 Å². The van der Waals surface area contributed by atoms with Gasteiger partial charge in [-0.25, -0.2) is 0 Å². The van der Waals surface area contributed by atoms with E-state index in [0.29, 0.717) is 12.5 Å². The molecular formula is C10H12BrN3. The molecule has 1 aromatic rings. The zero-order valence-electron chi connectivity index (χ0n) is 7.92. The van der Waals surface area contributed by atoms with Gasteiger partial charge in [0.1, 0.15) is 0 Å². The van der Waals surface area contributed by atoms with E-state index in [0.717, 1.165) is 4.47 Å². The van der Waals surface area contributed by atoms with Crippen molar-refractivity contribution in [3.05, 3.63) is 34.3 Å². The van der Waals surface area contributed by atoms with Gasteiger partial charge in [-0.2, -0.15) is 0 Å². The highest BCUT2D eigenvalue weighted by Gasteiger charge is 2.32. The Labute approximate surface area is 91.5 Å². The molecule has 1 aliphatic rings. The smallest absolute Gasteiger partial charge is 0.189 e. The van der Waals surface area contributed by atoms with Gasteiger partial charge in [-0.1, -0.05) is 34.1 Å². The molecule has 1 aliphatic heterocycles. The average Bonchev–Trinajstić information content (AvgIpc) is 2.48. The maximum atomic E-state index is 5.62. The second kappa shape index (κ2) is 3.28. The minimum Gasteiger partial charge on any atom is -0.370 e. The lowest BCUT2D eigenvalue weighted by Crippen LogP contribution is -2.43. The minimum atomic E-state index is -0.176. The summed E-state index contributed by atoms with van der Waals surface area (Å²) in [5.74, 6) is 0.517. The van der Waals surface area contributed by atoms with E-state index in [1.807, 2.05) is 18.2 Å². The van der Waals surface area contributed by atoms with Crippen LogP contribution in [-0.2, 0) is 5.54 Å². The fourth-order valence-corrected chi connectivity index (χ4v) is 2.39. The van der Waals surface area contributed by atoms with E-state index >= 15 is 0 Å². The number of halogens is 1. The molecule has 0 fully saturated rings. The van der Waals surface area contributed by atoms with Crippen LogP contribution >= 0.6 is 15.9 Å². The summed E-state index contributed by atoms with van der Waals surface area (Å²) in [4.78, 5) is 4.17. The van der Waals surface area contributed by atoms with Crippen LogP contribution in [0.25, 0.3) is 0 Å². The van der Waals surface area contributed by atoms with Crippen molar-refractivity contribution in [1.29, 1.82) is 0 Å². The Balaban J connectivity index is 2.37. The number of guanidine groups is 1. The van der Waals surface area contributed by atoms with E-state index in [1.165, 1.54) is 5.56 Å². The summed E-state index contributed by atoms with van der Waals surface area (Å²) >= 11 is 3.53. The Morgan fingerprint density at radius 2 is 2.21 bits per heavy atom. The molecule has 0 bridgehead atoms. The van der Waals surface area contributed by atoms with Crippen LogP contribution in [0.4, 0.5) is 0 Å². The summed E-state index contributed by atoms with van der Waals surface area (Å²) in [5.41, 5.74) is 6.63. The topological polar surface area (TPSA) is 50.4 Å². The predicted octanol–water partition coefficient (Wildman–Crippen LogP) is 1.58. The van der Waals surface area contributed by atoms with Crippen molar-refractivity contribution in [2.45, 2.75) is 12.5 Å². The van der Waals surface area contributed by atoms with Gasteiger partial charge >= 0.3 is 0 Å². The van der Waals surface area contributed by atoms with E-state index in [4.69, 9.17) is 5.73 Å². The molecule has 0 spiro atoms. The van der Waals surface area contributed by atoms with Gasteiger partial charge in [0, 0.05) is 4.47 Å². The number of aliphatic imine (C=N–C) groups is 1. The molecule has 74 valence electrons. The summed E-state index contributed by atoms with van der Waals surface area (Å²) in [7, 11) is 0. The summed E-state index contributed by atoms with van der Waals surface area (Å²) in [6.07, 6.45) is 0. The Bertz CT molecular complexity index is 389. The lowest BCUT2D eigenvalue weighted by Gasteiger charge is -2.25. The lowest BCUT2D eigenvalue weighted by molar-refractivity contribution is 0.477. The van der Waals surface area contributed by atoms with Gasteiger partial charge in [0.25, 0.3) is 0 Å². The van der Waals surface area contributed by atoms with Gasteiger partial charge in [0.15, 0.2) is 5.96 Å². The van der Waals surface area contributed by atoms with Crippen molar-refractivity contribution in [3.63, 3.8) is 0 Å². The summed E-state index contributed by atoms with van der Waals surface area (Å²) in [5, 5.41) is 3.19. The van der Waals surface area contributed by atoms with Gasteiger partial charge in [-0.3, -0.25) is 4.99 Å². The third kappa shape index (κ3) is 1.50. The van der Waals surface area contributed by atoms with Crippen molar-refractivity contribution >= 4 is 21.9 Å². The third-order valence-electron chi connectivity index (χ3n) is 2.44. The van der Waals surface area contributed by atoms with Crippen molar-refractivity contribution in [2.75, 3.05) is 6.54 Å². The maximum Gasteiger partial charge on any atom is 0.189 e. The Morgan fingerprint density at radius 1 is 1.50 bits per heavy atom. The van der Waals surface area contributed by atoms with Crippen LogP contribution in [0.5, 0.6) is 0 Å². The van der Waals surface area contributed by atoms with E-state index in [9.17, 15) is 0 Å². The molecular weight excluding hydrogens is 242 g/mol. The first-order chi connectivity index (χ1) is 6.62. The molecule has 0 aliphatic carbocycles. The van der Waals surface area contributed by atoms with Crippen molar-refractivity contribution in [1.82, 2.24) is 5.32 Å². The molecule has 1 atom stereocenters. The van der Waals surface area contributed by atoms with Gasteiger partial charge in [-0.05, 0) is 18.6 Å². The molecule has 0 amide bonds. The van der Waals surface area contributed by atoms with Crippen molar-refractivity contribution in [3.8, 4) is 0 Å². The highest BCUT2D eigenvalue weighted by Crippen LogP contribution is 2.30. The Hall–Kier alpha value is -1.03. The molecule has 0 aromatic heterocycles. The molecule has 2 rings (SSSR count). The molecule has 14 heavy (non-hydrogen) atoms. The number of benzene rings is 1. The zero-order valence-corrected chi connectivity index (χ0v) is 9.51. The fraction of sp³-hybridized carbons (Fsp3) is 0.300. The SMILES string of the molecule is CC1(c2ccccc2Br)CN=C(N)N1. The number of rotatable bonds is 1. The van der Waals surface area contributed by atoms with Crippen LogP contribution < -0.4 is 11.1 Å². The second-order valence-electron chi connectivity index (χ2n) is 3.64. The first kappa shape index (κ1) is 9.52. The Morgan fingerprint density at radius 3 is 2.79 bits per heavy atom. The molecule has 4 heteroatoms. The maximum absolute atomic E-state index is 5.62. The van der Waals surface area contributed by atoms with E-state index in [1.54, 1.807) is 0 Å². The largest absolute Gasteiger partial charge is 0.370 e. The minimum absolute atomic E-state index is 0.176. The number of hydrogen-bond donors (Lipinski definition) is 2. The van der Waals surface area contributed by atoms with Crippen molar-refractivity contribution in [2.24, 2.45) is 10.7 Å². The van der Waals surface area contributed by atoms with Gasteiger partial charge < -0.3 is 11.1 Å². The highest BCUT2D eigenvalue weighted by atomic mass is 79.9. The summed E-state index contributed by atoms with van der Waals surface area (Å²) in [6, 6.07) is 8.11. The van der Waals surface area contributed by atoms with Crippen LogP contribution in [0.2, 0.25) is 0 Å². The van der Waals surface area contributed by atoms with Gasteiger partial charge in [0.05, 0.1) is 12.1 Å². The number of nitrogens with one attached hydrogen (secondary N) is 1. The first-order valence-corrected chi connectivity index (χ1v) is 5.24. The third-order valence-corrected chi connectivity index (χ3v) is 3.13. The van der Waals surface area contributed by atoms with E-state index in [-0.39, 0.29) is 5.54 Å². The zero-order chi connectivity index (χ0) is 10.2. The fourth-order valence-electron chi connectivity index (χ4n) is 1.67. The first-order valence-electron chi connectivity index (χ1n) is 4.45. The Kier molecular flexibility index (Phi) is 2.23. The van der Waals surface area contributed by atoms with Crippen LogP contribution in [0, 0.1) is 0 Å². The summed E-state index contributed by atoms with van der Waals surface area (Å²) < 4.78 is 1.08.